The molecule has 0 heteroatoms. The monoisotopic (exact) mass is 356 g/mol. The van der Waals surface area contributed by atoms with Crippen LogP contribution in [0.25, 0.3) is 16.7 Å². The molecule has 0 nitrogen and oxygen atoms in total. The van der Waals surface area contributed by atoms with Crippen LogP contribution in [0, 0.1) is 0 Å². The van der Waals surface area contributed by atoms with Gasteiger partial charge in [0.2, 0.25) is 0 Å². The van der Waals surface area contributed by atoms with Crippen molar-refractivity contribution in [3.05, 3.63) is 75.9 Å². The fourth-order valence-corrected chi connectivity index (χ4v) is 5.04. The Labute approximate surface area is 165 Å². The van der Waals surface area contributed by atoms with Gasteiger partial charge in [0, 0.05) is 0 Å². The largest absolute Gasteiger partial charge is 0.0801 e. The van der Waals surface area contributed by atoms with Crippen LogP contribution in [0.2, 0.25) is 0 Å². The standard InChI is InChI=1S/C27H32/c1-16(2)21-13-9-12-20-14-23-24(26(20)21)15-22(17(3)4)25(18(5)6)27(23)19-10-7-8-11-19/h7-10,12-13,15-18H,11,14H2,1-6H3. The highest BCUT2D eigenvalue weighted by Gasteiger charge is 2.30. The highest BCUT2D eigenvalue weighted by Crippen LogP contribution is 2.49. The number of allylic oxidation sites excluding steroid dienone is 4. The Morgan fingerprint density at radius 2 is 1.56 bits per heavy atom. The number of fused-ring (bicyclic) bond motifs is 3. The molecule has 0 radical (unpaired) electrons. The number of rotatable bonds is 4. The van der Waals surface area contributed by atoms with E-state index in [1.54, 1.807) is 16.7 Å². The molecule has 0 heterocycles. The molecule has 0 spiro atoms. The Kier molecular flexibility index (Phi) is 4.62. The molecule has 140 valence electrons. The fourth-order valence-electron chi connectivity index (χ4n) is 5.04. The Morgan fingerprint density at radius 3 is 2.15 bits per heavy atom. The smallest absolute Gasteiger partial charge is 0.000719 e. The molecule has 0 N–H and O–H groups in total. The van der Waals surface area contributed by atoms with Crippen LogP contribution >= 0.6 is 0 Å². The Hall–Kier alpha value is -2.08. The SMILES string of the molecule is CC(C)c1cccc2c1-c1cc(C(C)C)c(C(C)C)c(C3=CC=CC3)c1C2. The van der Waals surface area contributed by atoms with Crippen LogP contribution < -0.4 is 0 Å². The molecular weight excluding hydrogens is 324 g/mol. The van der Waals surface area contributed by atoms with Crippen molar-refractivity contribution in [2.24, 2.45) is 0 Å². The molecule has 2 aromatic carbocycles. The molecule has 0 amide bonds. The zero-order chi connectivity index (χ0) is 19.3. The molecule has 0 aliphatic heterocycles. The summed E-state index contributed by atoms with van der Waals surface area (Å²) in [5, 5.41) is 0. The lowest BCUT2D eigenvalue weighted by Crippen LogP contribution is -2.07. The van der Waals surface area contributed by atoms with E-state index >= 15 is 0 Å². The molecule has 0 fully saturated rings. The molecule has 0 bridgehead atoms. The predicted molar refractivity (Wildman–Crippen MR) is 119 cm³/mol. The Morgan fingerprint density at radius 1 is 0.815 bits per heavy atom. The van der Waals surface area contributed by atoms with Gasteiger partial charge >= 0.3 is 0 Å². The van der Waals surface area contributed by atoms with E-state index in [0.717, 1.165) is 12.8 Å². The second-order valence-electron chi connectivity index (χ2n) is 9.13. The minimum atomic E-state index is 0.539. The van der Waals surface area contributed by atoms with Crippen molar-refractivity contribution in [2.45, 2.75) is 72.1 Å². The van der Waals surface area contributed by atoms with Crippen molar-refractivity contribution < 1.29 is 0 Å². The van der Waals surface area contributed by atoms with Gasteiger partial charge in [-0.2, -0.15) is 0 Å². The van der Waals surface area contributed by atoms with Crippen LogP contribution in [-0.2, 0) is 6.42 Å². The van der Waals surface area contributed by atoms with Crippen molar-refractivity contribution in [1.29, 1.82) is 0 Å². The molecule has 2 aliphatic carbocycles. The number of hydrogen-bond acceptors (Lipinski definition) is 0. The zero-order valence-electron chi connectivity index (χ0n) is 17.7. The first kappa shape index (κ1) is 18.3. The van der Waals surface area contributed by atoms with Gasteiger partial charge in [-0.15, -0.1) is 0 Å². The lowest BCUT2D eigenvalue weighted by Gasteiger charge is -2.25. The summed E-state index contributed by atoms with van der Waals surface area (Å²) < 4.78 is 0. The van der Waals surface area contributed by atoms with Crippen LogP contribution in [0.4, 0.5) is 0 Å². The second kappa shape index (κ2) is 6.82. The van der Waals surface area contributed by atoms with E-state index in [-0.39, 0.29) is 0 Å². The van der Waals surface area contributed by atoms with E-state index in [2.05, 4.69) is 84.0 Å². The van der Waals surface area contributed by atoms with Gasteiger partial charge in [-0.3, -0.25) is 0 Å². The minimum Gasteiger partial charge on any atom is -0.0801 e. The van der Waals surface area contributed by atoms with Crippen LogP contribution in [0.3, 0.4) is 0 Å². The molecule has 2 aromatic rings. The molecule has 0 saturated heterocycles. The van der Waals surface area contributed by atoms with Gasteiger partial charge < -0.3 is 0 Å². The Bertz CT molecular complexity index is 948. The van der Waals surface area contributed by atoms with Crippen LogP contribution in [0.1, 0.15) is 99.1 Å². The lowest BCUT2D eigenvalue weighted by atomic mass is 9.79. The first-order valence-corrected chi connectivity index (χ1v) is 10.6. The summed E-state index contributed by atoms with van der Waals surface area (Å²) in [6.45, 7) is 14.1. The summed E-state index contributed by atoms with van der Waals surface area (Å²) in [7, 11) is 0. The van der Waals surface area contributed by atoms with Crippen molar-refractivity contribution in [1.82, 2.24) is 0 Å². The third kappa shape index (κ3) is 2.90. The van der Waals surface area contributed by atoms with E-state index in [4.69, 9.17) is 0 Å². The topological polar surface area (TPSA) is 0 Å². The normalized spacial score (nSPS) is 15.1. The summed E-state index contributed by atoms with van der Waals surface area (Å²) in [5.41, 5.74) is 13.8. The maximum absolute atomic E-state index is 2.54. The predicted octanol–water partition coefficient (Wildman–Crippen LogP) is 7.97. The van der Waals surface area contributed by atoms with Crippen molar-refractivity contribution in [2.75, 3.05) is 0 Å². The van der Waals surface area contributed by atoms with Gasteiger partial charge in [-0.05, 0) is 80.7 Å². The van der Waals surface area contributed by atoms with Crippen molar-refractivity contribution in [3.8, 4) is 11.1 Å². The summed E-state index contributed by atoms with van der Waals surface area (Å²) in [6.07, 6.45) is 9.03. The molecule has 0 atom stereocenters. The summed E-state index contributed by atoms with van der Waals surface area (Å²) >= 11 is 0. The average Bonchev–Trinajstić information content (AvgIpc) is 3.26. The van der Waals surface area contributed by atoms with Crippen LogP contribution in [-0.4, -0.2) is 0 Å². The third-order valence-corrected chi connectivity index (χ3v) is 6.24. The fraction of sp³-hybridized carbons (Fsp3) is 0.407. The summed E-state index contributed by atoms with van der Waals surface area (Å²) in [5.74, 6) is 1.63. The van der Waals surface area contributed by atoms with Gasteiger partial charge in [-0.1, -0.05) is 84.0 Å². The molecule has 2 aliphatic rings. The van der Waals surface area contributed by atoms with E-state index in [0.29, 0.717) is 17.8 Å². The molecule has 0 saturated carbocycles. The average molecular weight is 357 g/mol. The van der Waals surface area contributed by atoms with Gasteiger partial charge in [0.1, 0.15) is 0 Å². The molecule has 27 heavy (non-hydrogen) atoms. The number of benzene rings is 2. The van der Waals surface area contributed by atoms with E-state index in [1.807, 2.05) is 0 Å². The van der Waals surface area contributed by atoms with Crippen LogP contribution in [0.15, 0.2) is 42.5 Å². The molecule has 4 rings (SSSR count). The van der Waals surface area contributed by atoms with Gasteiger partial charge in [-0.25, -0.2) is 0 Å². The van der Waals surface area contributed by atoms with Gasteiger partial charge in [0.05, 0.1) is 0 Å². The highest BCUT2D eigenvalue weighted by molar-refractivity contribution is 5.89. The quantitative estimate of drug-likeness (QED) is 0.444. The maximum Gasteiger partial charge on any atom is -0.000719 e. The zero-order valence-corrected chi connectivity index (χ0v) is 17.7. The van der Waals surface area contributed by atoms with Gasteiger partial charge in [0.25, 0.3) is 0 Å². The molecule has 0 aromatic heterocycles. The van der Waals surface area contributed by atoms with Gasteiger partial charge in [0.15, 0.2) is 0 Å². The molecule has 0 unspecified atom stereocenters. The molecular formula is C27H32. The first-order chi connectivity index (χ1) is 12.9. The second-order valence-corrected chi connectivity index (χ2v) is 9.13. The van der Waals surface area contributed by atoms with E-state index in [9.17, 15) is 0 Å². The summed E-state index contributed by atoms with van der Waals surface area (Å²) in [6, 6.07) is 9.47. The van der Waals surface area contributed by atoms with Crippen molar-refractivity contribution in [3.63, 3.8) is 0 Å². The highest BCUT2D eigenvalue weighted by atomic mass is 14.3. The summed E-state index contributed by atoms with van der Waals surface area (Å²) in [4.78, 5) is 0. The van der Waals surface area contributed by atoms with Crippen LogP contribution in [0.5, 0.6) is 0 Å². The third-order valence-electron chi connectivity index (χ3n) is 6.24. The Balaban J connectivity index is 2.07. The number of hydrogen-bond donors (Lipinski definition) is 0. The van der Waals surface area contributed by atoms with E-state index in [1.165, 1.54) is 33.4 Å². The first-order valence-electron chi connectivity index (χ1n) is 10.6. The maximum atomic E-state index is 2.54. The van der Waals surface area contributed by atoms with E-state index < -0.39 is 0 Å². The minimum absolute atomic E-state index is 0.539. The van der Waals surface area contributed by atoms with Crippen molar-refractivity contribution >= 4 is 5.57 Å². The lowest BCUT2D eigenvalue weighted by molar-refractivity contribution is 0.785.